The molecule has 5 nitrogen and oxygen atoms in total. The molecule has 1 aliphatic heterocycles. The highest BCUT2D eigenvalue weighted by molar-refractivity contribution is 5.71. The van der Waals surface area contributed by atoms with E-state index >= 15 is 0 Å². The van der Waals surface area contributed by atoms with Crippen LogP contribution < -0.4 is 5.32 Å². The minimum absolute atomic E-state index is 0.512. The predicted molar refractivity (Wildman–Crippen MR) is 126 cm³/mol. The van der Waals surface area contributed by atoms with Crippen LogP contribution in [0.15, 0.2) is 66.9 Å². The molecule has 0 atom stereocenters. The van der Waals surface area contributed by atoms with Gasteiger partial charge in [-0.25, -0.2) is 4.68 Å². The summed E-state index contributed by atoms with van der Waals surface area (Å²) < 4.78 is 40.2. The Balaban J connectivity index is 1.41. The summed E-state index contributed by atoms with van der Waals surface area (Å²) in [7, 11) is 0. The van der Waals surface area contributed by atoms with Crippen LogP contribution in [-0.2, 0) is 12.6 Å². The van der Waals surface area contributed by atoms with Crippen molar-refractivity contribution in [2.24, 2.45) is 0 Å². The van der Waals surface area contributed by atoms with E-state index in [0.29, 0.717) is 11.3 Å². The molecule has 5 rings (SSSR count). The number of nitrogens with one attached hydrogen (secondary N) is 2. The summed E-state index contributed by atoms with van der Waals surface area (Å²) in [6, 6.07) is 15.5. The Morgan fingerprint density at radius 3 is 2.32 bits per heavy atom. The van der Waals surface area contributed by atoms with E-state index in [4.69, 9.17) is 0 Å². The molecule has 2 aromatic heterocycles. The van der Waals surface area contributed by atoms with E-state index in [1.807, 2.05) is 6.07 Å². The van der Waals surface area contributed by atoms with Crippen LogP contribution in [0, 0.1) is 0 Å². The number of aromatic nitrogens is 4. The first-order valence-electron chi connectivity index (χ1n) is 11.2. The lowest BCUT2D eigenvalue weighted by Crippen LogP contribution is -2.19. The first-order valence-corrected chi connectivity index (χ1v) is 11.2. The molecule has 0 saturated carbocycles. The zero-order chi connectivity index (χ0) is 23.7. The molecule has 0 aliphatic carbocycles. The lowest BCUT2D eigenvalue weighted by atomic mass is 9.98. The van der Waals surface area contributed by atoms with E-state index in [1.165, 1.54) is 23.3 Å². The number of alkyl halides is 3. The van der Waals surface area contributed by atoms with Crippen molar-refractivity contribution in [3.63, 3.8) is 0 Å². The molecule has 2 aromatic carbocycles. The van der Waals surface area contributed by atoms with Crippen LogP contribution in [0.5, 0.6) is 0 Å². The Labute approximate surface area is 195 Å². The van der Waals surface area contributed by atoms with Gasteiger partial charge in [0.2, 0.25) is 0 Å². The molecule has 0 unspecified atom stereocenters. The van der Waals surface area contributed by atoms with Gasteiger partial charge in [0.05, 0.1) is 17.4 Å². The third kappa shape index (κ3) is 4.41. The summed E-state index contributed by atoms with van der Waals surface area (Å²) in [5.41, 5.74) is 6.93. The second-order valence-corrected chi connectivity index (χ2v) is 8.28. The molecule has 0 radical (unpaired) electrons. The fourth-order valence-corrected chi connectivity index (χ4v) is 4.21. The zero-order valence-electron chi connectivity index (χ0n) is 18.7. The normalized spacial score (nSPS) is 14.3. The van der Waals surface area contributed by atoms with Crippen LogP contribution in [0.25, 0.3) is 33.8 Å². The largest absolute Gasteiger partial charge is 0.416 e. The number of aryl methyl sites for hydroxylation is 1. The van der Waals surface area contributed by atoms with E-state index in [0.717, 1.165) is 60.7 Å². The number of benzene rings is 2. The van der Waals surface area contributed by atoms with Crippen LogP contribution in [-0.4, -0.2) is 33.1 Å². The number of rotatable bonds is 5. The summed E-state index contributed by atoms with van der Waals surface area (Å²) in [4.78, 5) is 3.48. The summed E-state index contributed by atoms with van der Waals surface area (Å²) in [6.45, 7) is 3.96. The van der Waals surface area contributed by atoms with Crippen LogP contribution >= 0.6 is 0 Å². The number of hydrogen-bond acceptors (Lipinski definition) is 3. The molecule has 0 bridgehead atoms. The number of hydrogen-bond donors (Lipinski definition) is 2. The van der Waals surface area contributed by atoms with Crippen molar-refractivity contribution in [3.05, 3.63) is 83.7 Å². The fraction of sp³-hybridized carbons (Fsp3) is 0.231. The third-order valence-corrected chi connectivity index (χ3v) is 6.11. The Bertz CT molecular complexity index is 1310. The second-order valence-electron chi connectivity index (χ2n) is 8.28. The minimum atomic E-state index is -4.36. The number of nitrogens with zero attached hydrogens (tertiary/aromatic N) is 3. The summed E-state index contributed by atoms with van der Waals surface area (Å²) in [6.07, 6.45) is 1.40. The molecular formula is C26H24F3N5. The van der Waals surface area contributed by atoms with Gasteiger partial charge in [0.25, 0.3) is 0 Å². The van der Waals surface area contributed by atoms with E-state index in [-0.39, 0.29) is 0 Å². The van der Waals surface area contributed by atoms with Crippen LogP contribution in [0.4, 0.5) is 13.2 Å². The minimum Gasteiger partial charge on any atom is -0.357 e. The Hall–Kier alpha value is -3.65. The zero-order valence-corrected chi connectivity index (χ0v) is 18.7. The molecule has 174 valence electrons. The van der Waals surface area contributed by atoms with Gasteiger partial charge in [0.15, 0.2) is 0 Å². The quantitative estimate of drug-likeness (QED) is 0.388. The molecule has 0 amide bonds. The second kappa shape index (κ2) is 8.95. The van der Waals surface area contributed by atoms with Crippen molar-refractivity contribution < 1.29 is 13.2 Å². The average molecular weight is 464 g/mol. The molecule has 3 heterocycles. The van der Waals surface area contributed by atoms with Crippen LogP contribution in [0.1, 0.15) is 30.2 Å². The monoisotopic (exact) mass is 463 g/mol. The molecule has 0 saturated heterocycles. The molecule has 1 aliphatic rings. The first-order chi connectivity index (χ1) is 16.4. The van der Waals surface area contributed by atoms with Crippen molar-refractivity contribution in [2.75, 3.05) is 13.1 Å². The van der Waals surface area contributed by atoms with Gasteiger partial charge in [-0.1, -0.05) is 54.6 Å². The van der Waals surface area contributed by atoms with Crippen molar-refractivity contribution in [1.29, 1.82) is 0 Å². The standard InChI is InChI=1S/C26H24F3N5/c1-2-22-25(34-16-24(32-33-34)20-7-9-21(10-8-20)26(27,28)29)15-23(31-22)19-5-3-17(4-6-19)18-11-13-30-14-12-18/h3-11,15-16,30-31H,2,12-14H2,1H3. The smallest absolute Gasteiger partial charge is 0.357 e. The number of halogens is 3. The van der Waals surface area contributed by atoms with E-state index in [2.05, 4.69) is 57.9 Å². The lowest BCUT2D eigenvalue weighted by molar-refractivity contribution is -0.137. The van der Waals surface area contributed by atoms with Gasteiger partial charge in [-0.3, -0.25) is 0 Å². The molecule has 8 heteroatoms. The fourth-order valence-electron chi connectivity index (χ4n) is 4.21. The van der Waals surface area contributed by atoms with Gasteiger partial charge in [-0.05, 0) is 54.3 Å². The lowest BCUT2D eigenvalue weighted by Gasteiger charge is -2.14. The maximum absolute atomic E-state index is 12.8. The van der Waals surface area contributed by atoms with Crippen molar-refractivity contribution in [3.8, 4) is 28.2 Å². The molecule has 4 aromatic rings. The van der Waals surface area contributed by atoms with Gasteiger partial charge in [-0.15, -0.1) is 5.10 Å². The Morgan fingerprint density at radius 1 is 0.971 bits per heavy atom. The topological polar surface area (TPSA) is 58.5 Å². The van der Waals surface area contributed by atoms with Gasteiger partial charge in [0, 0.05) is 23.5 Å². The van der Waals surface area contributed by atoms with Gasteiger partial charge < -0.3 is 10.3 Å². The molecule has 34 heavy (non-hydrogen) atoms. The van der Waals surface area contributed by atoms with E-state index < -0.39 is 11.7 Å². The highest BCUT2D eigenvalue weighted by Crippen LogP contribution is 2.31. The van der Waals surface area contributed by atoms with Crippen LogP contribution in [0.2, 0.25) is 0 Å². The molecule has 2 N–H and O–H groups in total. The number of aromatic amines is 1. The summed E-state index contributed by atoms with van der Waals surface area (Å²) in [5.74, 6) is 0. The average Bonchev–Trinajstić information content (AvgIpc) is 3.52. The highest BCUT2D eigenvalue weighted by atomic mass is 19.4. The number of H-pyrrole nitrogens is 1. The van der Waals surface area contributed by atoms with Gasteiger partial charge >= 0.3 is 6.18 Å². The predicted octanol–water partition coefficient (Wildman–Crippen LogP) is 5.89. The summed E-state index contributed by atoms with van der Waals surface area (Å²) >= 11 is 0. The first kappa shape index (κ1) is 22.2. The van der Waals surface area contributed by atoms with Crippen LogP contribution in [0.3, 0.4) is 0 Å². The van der Waals surface area contributed by atoms with Gasteiger partial charge in [-0.2, -0.15) is 13.2 Å². The molecule has 0 spiro atoms. The van der Waals surface area contributed by atoms with E-state index in [1.54, 1.807) is 10.9 Å². The van der Waals surface area contributed by atoms with Crippen molar-refractivity contribution in [1.82, 2.24) is 25.3 Å². The van der Waals surface area contributed by atoms with E-state index in [9.17, 15) is 13.2 Å². The molecule has 0 fully saturated rings. The van der Waals surface area contributed by atoms with Crippen molar-refractivity contribution in [2.45, 2.75) is 25.9 Å². The van der Waals surface area contributed by atoms with Gasteiger partial charge in [0.1, 0.15) is 5.69 Å². The Kier molecular flexibility index (Phi) is 5.83. The SMILES string of the molecule is CCc1[nH]c(-c2ccc(C3=CCNCC3)cc2)cc1-n1cc(-c2ccc(C(F)(F)F)cc2)nn1. The van der Waals surface area contributed by atoms with Crippen molar-refractivity contribution >= 4 is 5.57 Å². The maximum Gasteiger partial charge on any atom is 0.416 e. The highest BCUT2D eigenvalue weighted by Gasteiger charge is 2.30. The third-order valence-electron chi connectivity index (χ3n) is 6.11. The maximum atomic E-state index is 12.8. The summed E-state index contributed by atoms with van der Waals surface area (Å²) in [5, 5.41) is 11.8. The molecular weight excluding hydrogens is 439 g/mol. The Morgan fingerprint density at radius 2 is 1.68 bits per heavy atom.